The van der Waals surface area contributed by atoms with Gasteiger partial charge in [-0.2, -0.15) is 0 Å². The Morgan fingerprint density at radius 3 is 2.64 bits per heavy atom. The van der Waals surface area contributed by atoms with Crippen LogP contribution in [0.15, 0.2) is 30.3 Å². The van der Waals surface area contributed by atoms with E-state index in [-0.39, 0.29) is 29.3 Å². The highest BCUT2D eigenvalue weighted by Crippen LogP contribution is 2.50. The van der Waals surface area contributed by atoms with E-state index < -0.39 is 12.2 Å². The lowest BCUT2D eigenvalue weighted by atomic mass is 9.78. The van der Waals surface area contributed by atoms with Crippen LogP contribution in [0.2, 0.25) is 0 Å². The maximum atomic E-state index is 10.8. The van der Waals surface area contributed by atoms with E-state index in [1.807, 2.05) is 18.2 Å². The second kappa shape index (κ2) is 10.1. The first-order chi connectivity index (χ1) is 15.9. The van der Waals surface area contributed by atoms with E-state index in [2.05, 4.69) is 13.0 Å². The highest BCUT2D eigenvalue weighted by Gasteiger charge is 2.41. The Hall–Kier alpha value is -2.70. The summed E-state index contributed by atoms with van der Waals surface area (Å²) in [5, 5.41) is 41.4. The van der Waals surface area contributed by atoms with E-state index in [0.717, 1.165) is 49.7 Å². The summed E-state index contributed by atoms with van der Waals surface area (Å²) in [6.07, 6.45) is 8.84. The van der Waals surface area contributed by atoms with Crippen molar-refractivity contribution in [2.75, 3.05) is 7.11 Å². The molecular formula is C27H34O6. The number of phenolic OH excluding ortho intramolecular Hbond substituents is 3. The first-order valence-electron chi connectivity index (χ1n) is 11.9. The van der Waals surface area contributed by atoms with Gasteiger partial charge in [-0.25, -0.2) is 0 Å². The molecule has 2 aliphatic rings. The van der Waals surface area contributed by atoms with Crippen molar-refractivity contribution >= 4 is 6.08 Å². The summed E-state index contributed by atoms with van der Waals surface area (Å²) in [7, 11) is 1.45. The molecule has 1 aliphatic carbocycles. The summed E-state index contributed by atoms with van der Waals surface area (Å²) in [5.41, 5.74) is 3.51. The highest BCUT2D eigenvalue weighted by molar-refractivity contribution is 5.71. The number of rotatable bonds is 8. The molecule has 1 saturated heterocycles. The molecular weight excluding hydrogens is 420 g/mol. The standard InChI is InChI=1S/C27H34O6/c1-3-4-5-6-17-13-16(8-12-22(17)28)7-9-18-14-23(29)20-11-10-19-21(26(20)33-18)15-24(30)25(31)27(19)32-2/h8,10-13,15,18,20,23,26,28-31H,3-7,9,14H2,1-2H3/t18-,20-,23+,26-/m0/s1. The van der Waals surface area contributed by atoms with Crippen molar-refractivity contribution in [3.63, 3.8) is 0 Å². The van der Waals surface area contributed by atoms with Gasteiger partial charge in [0.2, 0.25) is 5.75 Å². The van der Waals surface area contributed by atoms with E-state index in [0.29, 0.717) is 23.3 Å². The summed E-state index contributed by atoms with van der Waals surface area (Å²) in [6.45, 7) is 2.17. The zero-order valence-electron chi connectivity index (χ0n) is 19.3. The molecule has 178 valence electrons. The maximum absolute atomic E-state index is 10.8. The predicted molar refractivity (Wildman–Crippen MR) is 127 cm³/mol. The van der Waals surface area contributed by atoms with Crippen LogP contribution in [0.3, 0.4) is 0 Å². The molecule has 1 aliphatic heterocycles. The van der Waals surface area contributed by atoms with Crippen LogP contribution in [0.25, 0.3) is 6.08 Å². The van der Waals surface area contributed by atoms with Crippen molar-refractivity contribution in [2.45, 2.75) is 70.2 Å². The summed E-state index contributed by atoms with van der Waals surface area (Å²) >= 11 is 0. The fourth-order valence-electron chi connectivity index (χ4n) is 5.05. The number of methoxy groups -OCH3 is 1. The molecule has 2 aromatic rings. The van der Waals surface area contributed by atoms with E-state index in [4.69, 9.17) is 9.47 Å². The topological polar surface area (TPSA) is 99.4 Å². The van der Waals surface area contributed by atoms with E-state index in [1.165, 1.54) is 13.2 Å². The number of aromatic hydroxyl groups is 3. The third-order valence-corrected chi connectivity index (χ3v) is 6.89. The number of aliphatic hydroxyl groups is 1. The number of unbranched alkanes of at least 4 members (excludes halogenated alkanes) is 2. The van der Waals surface area contributed by atoms with E-state index >= 15 is 0 Å². The average molecular weight is 455 g/mol. The van der Waals surface area contributed by atoms with Crippen LogP contribution in [0.5, 0.6) is 23.0 Å². The molecule has 0 aromatic heterocycles. The molecule has 0 saturated carbocycles. The number of hydrogen-bond acceptors (Lipinski definition) is 6. The van der Waals surface area contributed by atoms with Crippen molar-refractivity contribution in [3.8, 4) is 23.0 Å². The molecule has 4 atom stereocenters. The molecule has 0 bridgehead atoms. The van der Waals surface area contributed by atoms with Gasteiger partial charge in [-0.15, -0.1) is 0 Å². The minimum Gasteiger partial charge on any atom is -0.508 e. The molecule has 6 nitrogen and oxygen atoms in total. The van der Waals surface area contributed by atoms with Gasteiger partial charge in [-0.3, -0.25) is 0 Å². The van der Waals surface area contributed by atoms with Gasteiger partial charge >= 0.3 is 0 Å². The fourth-order valence-corrected chi connectivity index (χ4v) is 5.05. The van der Waals surface area contributed by atoms with Crippen LogP contribution in [-0.2, 0) is 17.6 Å². The molecule has 4 rings (SSSR count). The number of phenols is 3. The van der Waals surface area contributed by atoms with Crippen LogP contribution >= 0.6 is 0 Å². The number of benzene rings is 2. The molecule has 4 N–H and O–H groups in total. The molecule has 33 heavy (non-hydrogen) atoms. The highest BCUT2D eigenvalue weighted by atomic mass is 16.5. The quantitative estimate of drug-likeness (QED) is 0.331. The molecule has 1 fully saturated rings. The average Bonchev–Trinajstić information content (AvgIpc) is 2.80. The van der Waals surface area contributed by atoms with E-state index in [9.17, 15) is 20.4 Å². The minimum absolute atomic E-state index is 0.153. The summed E-state index contributed by atoms with van der Waals surface area (Å²) < 4.78 is 11.7. The van der Waals surface area contributed by atoms with Crippen LogP contribution in [0.1, 0.15) is 67.4 Å². The molecule has 6 heteroatoms. The zero-order chi connectivity index (χ0) is 23.5. The van der Waals surface area contributed by atoms with Crippen LogP contribution < -0.4 is 4.74 Å². The van der Waals surface area contributed by atoms with Crippen LogP contribution in [0.4, 0.5) is 0 Å². The number of hydrogen-bond donors (Lipinski definition) is 4. The van der Waals surface area contributed by atoms with Gasteiger partial charge in [0.15, 0.2) is 11.5 Å². The van der Waals surface area contributed by atoms with Crippen molar-refractivity contribution in [1.29, 1.82) is 0 Å². The van der Waals surface area contributed by atoms with Gasteiger partial charge in [-0.05, 0) is 54.5 Å². The second-order valence-electron chi connectivity index (χ2n) is 9.16. The Labute approximate surface area is 195 Å². The Balaban J connectivity index is 1.49. The lowest BCUT2D eigenvalue weighted by molar-refractivity contribution is -0.127. The minimum atomic E-state index is -0.565. The number of aliphatic hydroxyl groups excluding tert-OH is 1. The summed E-state index contributed by atoms with van der Waals surface area (Å²) in [4.78, 5) is 0. The summed E-state index contributed by atoms with van der Waals surface area (Å²) in [5.74, 6) is -0.223. The third kappa shape index (κ3) is 4.82. The number of ether oxygens (including phenoxy) is 2. The van der Waals surface area contributed by atoms with Gasteiger partial charge in [0, 0.05) is 17.9 Å². The fraction of sp³-hybridized carbons (Fsp3) is 0.481. The molecule has 0 radical (unpaired) electrons. The number of aryl methyl sites for hydroxylation is 2. The SMILES string of the molecule is CCCCCc1cc(CC[C@H]2C[C@@H](O)[C@@H]3C=Cc4c(cc(O)c(O)c4OC)[C@H]3O2)ccc1O. The summed E-state index contributed by atoms with van der Waals surface area (Å²) in [6, 6.07) is 7.31. The Morgan fingerprint density at radius 2 is 1.88 bits per heavy atom. The van der Waals surface area contributed by atoms with Crippen LogP contribution in [0, 0.1) is 5.92 Å². The third-order valence-electron chi connectivity index (χ3n) is 6.89. The molecule has 0 amide bonds. The van der Waals surface area contributed by atoms with E-state index in [1.54, 1.807) is 6.07 Å². The molecule has 0 unspecified atom stereocenters. The number of fused-ring (bicyclic) bond motifs is 3. The molecule has 2 aromatic carbocycles. The van der Waals surface area contributed by atoms with Crippen molar-refractivity contribution in [1.82, 2.24) is 0 Å². The van der Waals surface area contributed by atoms with Gasteiger partial charge in [0.25, 0.3) is 0 Å². The van der Waals surface area contributed by atoms with Gasteiger partial charge in [-0.1, -0.05) is 44.1 Å². The van der Waals surface area contributed by atoms with Crippen molar-refractivity contribution in [3.05, 3.63) is 52.6 Å². The van der Waals surface area contributed by atoms with Gasteiger partial charge in [0.1, 0.15) is 5.75 Å². The normalized spacial score (nSPS) is 23.7. The Bertz CT molecular complexity index is 1010. The zero-order valence-corrected chi connectivity index (χ0v) is 19.3. The largest absolute Gasteiger partial charge is 0.508 e. The smallest absolute Gasteiger partial charge is 0.201 e. The Morgan fingerprint density at radius 1 is 1.06 bits per heavy atom. The lowest BCUT2D eigenvalue weighted by Gasteiger charge is -2.41. The second-order valence-corrected chi connectivity index (χ2v) is 9.16. The van der Waals surface area contributed by atoms with Crippen molar-refractivity contribution in [2.24, 2.45) is 5.92 Å². The van der Waals surface area contributed by atoms with Gasteiger partial charge < -0.3 is 29.9 Å². The first-order valence-corrected chi connectivity index (χ1v) is 11.9. The molecule has 0 spiro atoms. The Kier molecular flexibility index (Phi) is 7.15. The monoisotopic (exact) mass is 454 g/mol. The van der Waals surface area contributed by atoms with Gasteiger partial charge in [0.05, 0.1) is 25.4 Å². The van der Waals surface area contributed by atoms with Crippen molar-refractivity contribution < 1.29 is 29.9 Å². The maximum Gasteiger partial charge on any atom is 0.201 e. The first kappa shape index (κ1) is 23.5. The lowest BCUT2D eigenvalue weighted by Crippen LogP contribution is -2.40. The predicted octanol–water partition coefficient (Wildman–Crippen LogP) is 5.01. The molecule has 1 heterocycles. The van der Waals surface area contributed by atoms with Crippen LogP contribution in [-0.4, -0.2) is 39.7 Å².